The first kappa shape index (κ1) is 20.2. The Morgan fingerprint density at radius 1 is 0.964 bits per heavy atom. The smallest absolute Gasteiger partial charge is 0.0740 e. The van der Waals surface area contributed by atoms with E-state index in [1.807, 2.05) is 35.6 Å². The monoisotopic (exact) mass is 401 g/mol. The van der Waals surface area contributed by atoms with Crippen molar-refractivity contribution in [2.75, 3.05) is 0 Å². The molecule has 1 aromatic heterocycles. The van der Waals surface area contributed by atoms with Crippen molar-refractivity contribution in [1.29, 1.82) is 0 Å². The quantitative estimate of drug-likeness (QED) is 0.237. The third kappa shape index (κ3) is 5.27. The van der Waals surface area contributed by atoms with Crippen molar-refractivity contribution in [3.63, 3.8) is 0 Å². The Morgan fingerprint density at radius 3 is 2.50 bits per heavy atom. The minimum atomic E-state index is 0.799. The zero-order valence-electron chi connectivity index (χ0n) is 16.3. The van der Waals surface area contributed by atoms with Gasteiger partial charge in [-0.15, -0.1) is 11.3 Å². The molecule has 3 rings (SSSR count). The van der Waals surface area contributed by atoms with Crippen molar-refractivity contribution in [2.45, 2.75) is 39.5 Å². The van der Waals surface area contributed by atoms with E-state index in [2.05, 4.69) is 78.4 Å². The van der Waals surface area contributed by atoms with Crippen LogP contribution in [-0.4, -0.2) is 5.16 Å². The van der Waals surface area contributed by atoms with Crippen LogP contribution in [0.3, 0.4) is 0 Å². The number of rotatable bonds is 6. The van der Waals surface area contributed by atoms with E-state index in [-0.39, 0.29) is 0 Å². The average Bonchev–Trinajstić information content (AvgIpc) is 3.21. The second-order valence-corrected chi connectivity index (χ2v) is 7.95. The summed E-state index contributed by atoms with van der Waals surface area (Å²) in [5.74, 6) is 6.59. The molecule has 0 spiro atoms. The first-order valence-electron chi connectivity index (χ1n) is 9.65. The van der Waals surface area contributed by atoms with E-state index in [0.29, 0.717) is 0 Å². The van der Waals surface area contributed by atoms with Gasteiger partial charge in [0.1, 0.15) is 0 Å². The maximum absolute atomic E-state index is 4.63. The molecule has 0 aliphatic carbocycles. The Labute approximate surface area is 177 Å². The highest BCUT2D eigenvalue weighted by molar-refractivity contribution is 7.78. The van der Waals surface area contributed by atoms with E-state index in [4.69, 9.17) is 0 Å². The Balaban J connectivity index is 1.82. The molecule has 0 saturated carbocycles. The Hall–Kier alpha value is -2.50. The van der Waals surface area contributed by atoms with Crippen LogP contribution in [0.4, 0.5) is 5.69 Å². The van der Waals surface area contributed by atoms with Gasteiger partial charge in [-0.3, -0.25) is 0 Å². The summed E-state index contributed by atoms with van der Waals surface area (Å²) < 4.78 is 0. The van der Waals surface area contributed by atoms with Crippen LogP contribution in [0.1, 0.15) is 48.3 Å². The zero-order chi connectivity index (χ0) is 19.8. The van der Waals surface area contributed by atoms with Crippen molar-refractivity contribution in [3.8, 4) is 22.3 Å². The van der Waals surface area contributed by atoms with E-state index in [9.17, 15) is 0 Å². The van der Waals surface area contributed by atoms with Gasteiger partial charge in [-0.2, -0.15) is 4.99 Å². The number of hydrogen-bond donors (Lipinski definition) is 0. The number of isothiocyanates is 1. The molecule has 1 heterocycles. The summed E-state index contributed by atoms with van der Waals surface area (Å²) in [5.41, 5.74) is 5.43. The number of aryl methyl sites for hydroxylation is 2. The number of hydrogen-bond acceptors (Lipinski definition) is 3. The maximum atomic E-state index is 4.63. The largest absolute Gasteiger partial charge is 0.195 e. The molecule has 1 nitrogen and oxygen atoms in total. The van der Waals surface area contributed by atoms with Crippen LogP contribution in [0.15, 0.2) is 59.6 Å². The third-order valence-electron chi connectivity index (χ3n) is 4.59. The molecular weight excluding hydrogens is 378 g/mol. The molecule has 0 aliphatic rings. The summed E-state index contributed by atoms with van der Waals surface area (Å²) in [4.78, 5) is 6.78. The number of nitrogens with zero attached hydrogens (tertiary/aromatic N) is 1. The molecule has 0 fully saturated rings. The van der Waals surface area contributed by atoms with Crippen molar-refractivity contribution >= 4 is 34.4 Å². The highest BCUT2D eigenvalue weighted by Crippen LogP contribution is 2.30. The van der Waals surface area contributed by atoms with Crippen LogP contribution < -0.4 is 0 Å². The number of thiophene rings is 1. The second-order valence-electron chi connectivity index (χ2n) is 6.59. The van der Waals surface area contributed by atoms with Gasteiger partial charge in [0.05, 0.1) is 10.8 Å². The summed E-state index contributed by atoms with van der Waals surface area (Å²) >= 11 is 6.54. The van der Waals surface area contributed by atoms with Crippen LogP contribution in [-0.2, 0) is 12.8 Å². The van der Waals surface area contributed by atoms with E-state index in [1.54, 1.807) is 0 Å². The molecule has 2 aromatic carbocycles. The Bertz CT molecular complexity index is 1040. The minimum absolute atomic E-state index is 0.799. The molecule has 28 heavy (non-hydrogen) atoms. The molecule has 0 N–H and O–H groups in total. The van der Waals surface area contributed by atoms with Gasteiger partial charge in [0, 0.05) is 20.9 Å². The van der Waals surface area contributed by atoms with Gasteiger partial charge in [0.25, 0.3) is 0 Å². The molecular formula is C25H23NS2. The van der Waals surface area contributed by atoms with Crippen LogP contribution in [0.5, 0.6) is 0 Å². The molecule has 3 aromatic rings. The van der Waals surface area contributed by atoms with E-state index in [0.717, 1.165) is 23.2 Å². The van der Waals surface area contributed by atoms with Crippen LogP contribution >= 0.6 is 23.6 Å². The van der Waals surface area contributed by atoms with Gasteiger partial charge in [0.15, 0.2) is 0 Å². The predicted octanol–water partition coefficient (Wildman–Crippen LogP) is 7.45. The van der Waals surface area contributed by atoms with Crippen molar-refractivity contribution in [1.82, 2.24) is 0 Å². The second kappa shape index (κ2) is 10.2. The zero-order valence-corrected chi connectivity index (χ0v) is 17.9. The van der Waals surface area contributed by atoms with Gasteiger partial charge in [-0.1, -0.05) is 38.2 Å². The van der Waals surface area contributed by atoms with Crippen molar-refractivity contribution in [2.24, 2.45) is 4.99 Å². The highest BCUT2D eigenvalue weighted by atomic mass is 32.1. The molecule has 0 atom stereocenters. The number of benzene rings is 2. The van der Waals surface area contributed by atoms with E-state index < -0.39 is 0 Å². The summed E-state index contributed by atoms with van der Waals surface area (Å²) in [5, 5.41) is 2.38. The fourth-order valence-corrected chi connectivity index (χ4v) is 4.14. The molecule has 3 heteroatoms. The molecule has 0 bridgehead atoms. The molecule has 0 saturated heterocycles. The third-order valence-corrected chi connectivity index (χ3v) is 5.88. The molecule has 0 amide bonds. The number of thiocarbonyl (C=S) groups is 1. The van der Waals surface area contributed by atoms with Crippen LogP contribution in [0.2, 0.25) is 0 Å². The first-order valence-corrected chi connectivity index (χ1v) is 10.9. The Kier molecular flexibility index (Phi) is 7.34. The Morgan fingerprint density at radius 2 is 1.79 bits per heavy atom. The van der Waals surface area contributed by atoms with Crippen LogP contribution in [0.25, 0.3) is 10.4 Å². The standard InChI is InChI=1S/C25H23NS2/c1-3-5-6-24-15-16-25(28-24)22-12-11-21(20(4-2)17-22)10-7-19-8-13-23(14-9-19)26-18-27/h8-9,11-17H,3-6H2,1-2H3. The van der Waals surface area contributed by atoms with Gasteiger partial charge in [-0.05, 0) is 91.1 Å². The van der Waals surface area contributed by atoms with Gasteiger partial charge < -0.3 is 0 Å². The lowest BCUT2D eigenvalue weighted by atomic mass is 10.0. The highest BCUT2D eigenvalue weighted by Gasteiger charge is 2.06. The lowest BCUT2D eigenvalue weighted by Gasteiger charge is -2.05. The predicted molar refractivity (Wildman–Crippen MR) is 125 cm³/mol. The lowest BCUT2D eigenvalue weighted by Crippen LogP contribution is -1.88. The van der Waals surface area contributed by atoms with Crippen molar-refractivity contribution in [3.05, 3.63) is 76.2 Å². The fourth-order valence-electron chi connectivity index (χ4n) is 2.99. The topological polar surface area (TPSA) is 12.4 Å². The molecule has 0 unspecified atom stereocenters. The van der Waals surface area contributed by atoms with Crippen molar-refractivity contribution < 1.29 is 0 Å². The van der Waals surface area contributed by atoms with E-state index in [1.165, 1.54) is 40.1 Å². The van der Waals surface area contributed by atoms with Gasteiger partial charge in [-0.25, -0.2) is 0 Å². The summed E-state index contributed by atoms with van der Waals surface area (Å²) in [6, 6.07) is 18.9. The lowest BCUT2D eigenvalue weighted by molar-refractivity contribution is 0.804. The number of unbranched alkanes of at least 4 members (excludes halogenated alkanes) is 1. The van der Waals surface area contributed by atoms with Gasteiger partial charge in [0.2, 0.25) is 0 Å². The summed E-state index contributed by atoms with van der Waals surface area (Å²) in [6.45, 7) is 4.42. The molecule has 140 valence electrons. The minimum Gasteiger partial charge on any atom is -0.195 e. The van der Waals surface area contributed by atoms with E-state index >= 15 is 0 Å². The number of aliphatic imine (C=N–C) groups is 1. The first-order chi connectivity index (χ1) is 13.7. The van der Waals surface area contributed by atoms with Crippen LogP contribution in [0, 0.1) is 11.8 Å². The maximum Gasteiger partial charge on any atom is 0.0740 e. The summed E-state index contributed by atoms with van der Waals surface area (Å²) in [7, 11) is 0. The normalized spacial score (nSPS) is 10.1. The van der Waals surface area contributed by atoms with Gasteiger partial charge >= 0.3 is 0 Å². The fraction of sp³-hybridized carbons (Fsp3) is 0.240. The summed E-state index contributed by atoms with van der Waals surface area (Å²) in [6.07, 6.45) is 4.64. The molecule has 0 aliphatic heterocycles. The SMILES string of the molecule is CCCCc1ccc(-c2ccc(C#Cc3ccc(N=C=S)cc3)c(CC)c2)s1. The average molecular weight is 402 g/mol. The molecule has 0 radical (unpaired) electrons.